The molecule has 0 bridgehead atoms. The summed E-state index contributed by atoms with van der Waals surface area (Å²) >= 11 is 11.2. The van der Waals surface area contributed by atoms with Gasteiger partial charge in [-0.25, -0.2) is 0 Å². The molecule has 0 unspecified atom stereocenters. The molecule has 0 aliphatic carbocycles. The highest BCUT2D eigenvalue weighted by atomic mass is 35.5. The molecule has 0 saturated carbocycles. The molecular weight excluding hydrogens is 378 g/mol. The van der Waals surface area contributed by atoms with Crippen LogP contribution < -0.4 is 15.3 Å². The lowest BCUT2D eigenvalue weighted by atomic mass is 10.1. The average molecular weight is 389 g/mol. The molecule has 0 atom stereocenters. The lowest BCUT2D eigenvalue weighted by Crippen LogP contribution is -2.30. The Morgan fingerprint density at radius 2 is 2.00 bits per heavy atom. The number of nitro benzene ring substituents is 1. The van der Waals surface area contributed by atoms with Crippen molar-refractivity contribution >= 4 is 52.3 Å². The van der Waals surface area contributed by atoms with Crippen LogP contribution in [-0.2, 0) is 4.79 Å². The third-order valence-corrected chi connectivity index (χ3v) is 4.29. The predicted octanol–water partition coefficient (Wildman–Crippen LogP) is 2.89. The van der Waals surface area contributed by atoms with Crippen molar-refractivity contribution in [3.05, 3.63) is 68.4 Å². The fourth-order valence-electron chi connectivity index (χ4n) is 2.56. The maximum absolute atomic E-state index is 12.7. The molecule has 1 fully saturated rings. The number of halogens is 1. The number of nitrogens with one attached hydrogen (secondary N) is 1. The van der Waals surface area contributed by atoms with Gasteiger partial charge in [0, 0.05) is 11.1 Å². The van der Waals surface area contributed by atoms with E-state index in [0.717, 1.165) is 17.7 Å². The first kappa shape index (κ1) is 17.8. The third-order valence-electron chi connectivity index (χ3n) is 3.77. The first-order valence-corrected chi connectivity index (χ1v) is 8.15. The molecule has 9 heteroatoms. The first-order valence-electron chi connectivity index (χ1n) is 7.36. The molecule has 7 nitrogen and oxygen atoms in total. The number of carbonyl (C=O) groups excluding carboxylic acids is 1. The van der Waals surface area contributed by atoms with Gasteiger partial charge in [-0.15, -0.1) is 0 Å². The van der Waals surface area contributed by atoms with Crippen LogP contribution in [0.2, 0.25) is 5.02 Å². The van der Waals surface area contributed by atoms with Crippen LogP contribution in [0.15, 0.2) is 42.1 Å². The van der Waals surface area contributed by atoms with Crippen molar-refractivity contribution in [3.8, 4) is 5.75 Å². The number of benzene rings is 2. The van der Waals surface area contributed by atoms with E-state index in [2.05, 4.69) is 5.32 Å². The number of thiocarbonyl (C=S) groups is 1. The van der Waals surface area contributed by atoms with Crippen molar-refractivity contribution in [1.82, 2.24) is 5.32 Å². The Balaban J connectivity index is 1.97. The Morgan fingerprint density at radius 1 is 1.27 bits per heavy atom. The minimum Gasteiger partial charge on any atom is -0.868 e. The summed E-state index contributed by atoms with van der Waals surface area (Å²) in [5.41, 5.74) is 1.28. The van der Waals surface area contributed by atoms with E-state index in [0.29, 0.717) is 16.3 Å². The van der Waals surface area contributed by atoms with Gasteiger partial charge in [-0.3, -0.25) is 19.8 Å². The fraction of sp³-hybridized carbons (Fsp3) is 0.0588. The number of anilines is 1. The molecule has 132 valence electrons. The SMILES string of the molecule is Cc1cc(Cl)ccc1N1C(=O)/C(=C\c2ccc([O-])c([N+](=O)[O-])c2)NC1=S. The molecule has 1 aliphatic heterocycles. The molecule has 0 aromatic heterocycles. The Kier molecular flexibility index (Phi) is 4.62. The average Bonchev–Trinajstić information content (AvgIpc) is 2.83. The van der Waals surface area contributed by atoms with E-state index in [-0.39, 0.29) is 10.8 Å². The van der Waals surface area contributed by atoms with Gasteiger partial charge in [-0.1, -0.05) is 23.7 Å². The van der Waals surface area contributed by atoms with Crippen molar-refractivity contribution in [2.45, 2.75) is 6.92 Å². The molecular formula is C17H11ClN3O4S-. The maximum Gasteiger partial charge on any atom is 0.281 e. The molecule has 1 N–H and O–H groups in total. The summed E-state index contributed by atoms with van der Waals surface area (Å²) in [4.78, 5) is 24.2. The molecule has 0 spiro atoms. The molecule has 3 rings (SSSR count). The molecule has 2 aromatic rings. The normalized spacial score (nSPS) is 15.5. The highest BCUT2D eigenvalue weighted by Gasteiger charge is 2.32. The number of amides is 1. The number of aryl methyl sites for hydroxylation is 1. The van der Waals surface area contributed by atoms with Gasteiger partial charge in [0.1, 0.15) is 5.70 Å². The van der Waals surface area contributed by atoms with E-state index < -0.39 is 22.3 Å². The maximum atomic E-state index is 12.7. The smallest absolute Gasteiger partial charge is 0.281 e. The zero-order valence-corrected chi connectivity index (χ0v) is 14.9. The minimum atomic E-state index is -0.762. The second-order valence-electron chi connectivity index (χ2n) is 5.54. The number of rotatable bonds is 3. The van der Waals surface area contributed by atoms with Crippen LogP contribution in [0.3, 0.4) is 0 Å². The van der Waals surface area contributed by atoms with Gasteiger partial charge in [0.15, 0.2) is 5.11 Å². The van der Waals surface area contributed by atoms with Crippen molar-refractivity contribution in [3.63, 3.8) is 0 Å². The zero-order valence-electron chi connectivity index (χ0n) is 13.4. The molecule has 26 heavy (non-hydrogen) atoms. The Bertz CT molecular complexity index is 990. The highest BCUT2D eigenvalue weighted by molar-refractivity contribution is 7.80. The molecule has 1 saturated heterocycles. The van der Waals surface area contributed by atoms with Gasteiger partial charge in [-0.05, 0) is 60.3 Å². The summed E-state index contributed by atoms with van der Waals surface area (Å²) < 4.78 is 0. The predicted molar refractivity (Wildman–Crippen MR) is 99.9 cm³/mol. The topological polar surface area (TPSA) is 98.5 Å². The van der Waals surface area contributed by atoms with Gasteiger partial charge in [-0.2, -0.15) is 0 Å². The second-order valence-corrected chi connectivity index (χ2v) is 6.37. The van der Waals surface area contributed by atoms with Gasteiger partial charge >= 0.3 is 0 Å². The standard InChI is InChI=1S/C17H12ClN3O4S/c1-9-6-11(18)3-4-13(9)20-16(23)12(19-17(20)26)7-10-2-5-15(22)14(8-10)21(24)25/h2-8,22H,1H3,(H,19,26)/p-1/b12-7+. The fourth-order valence-corrected chi connectivity index (χ4v) is 3.08. The number of carbonyl (C=O) groups is 1. The van der Waals surface area contributed by atoms with Crippen LogP contribution in [0, 0.1) is 17.0 Å². The lowest BCUT2D eigenvalue weighted by Gasteiger charge is -2.16. The van der Waals surface area contributed by atoms with E-state index in [1.54, 1.807) is 25.1 Å². The molecule has 0 radical (unpaired) electrons. The zero-order chi connectivity index (χ0) is 19.0. The summed E-state index contributed by atoms with van der Waals surface area (Å²) in [5, 5.41) is 25.9. The van der Waals surface area contributed by atoms with Crippen LogP contribution in [-0.4, -0.2) is 15.9 Å². The van der Waals surface area contributed by atoms with Crippen LogP contribution in [0.4, 0.5) is 11.4 Å². The summed E-state index contributed by atoms with van der Waals surface area (Å²) in [6.45, 7) is 1.80. The van der Waals surface area contributed by atoms with Gasteiger partial charge in [0.05, 0.1) is 10.6 Å². The largest absolute Gasteiger partial charge is 0.868 e. The van der Waals surface area contributed by atoms with E-state index in [1.165, 1.54) is 17.0 Å². The minimum absolute atomic E-state index is 0.150. The number of nitro groups is 1. The Hall–Kier alpha value is -2.97. The summed E-state index contributed by atoms with van der Waals surface area (Å²) in [5.74, 6) is -1.11. The molecule has 1 heterocycles. The summed E-state index contributed by atoms with van der Waals surface area (Å²) in [7, 11) is 0. The van der Waals surface area contributed by atoms with Crippen molar-refractivity contribution in [1.29, 1.82) is 0 Å². The lowest BCUT2D eigenvalue weighted by molar-refractivity contribution is -0.398. The molecule has 1 amide bonds. The monoisotopic (exact) mass is 388 g/mol. The van der Waals surface area contributed by atoms with Crippen LogP contribution in [0.1, 0.15) is 11.1 Å². The molecule has 2 aromatic carbocycles. The van der Waals surface area contributed by atoms with Crippen LogP contribution in [0.5, 0.6) is 5.75 Å². The van der Waals surface area contributed by atoms with Crippen LogP contribution in [0.25, 0.3) is 6.08 Å². The van der Waals surface area contributed by atoms with Crippen LogP contribution >= 0.6 is 23.8 Å². The molecule has 1 aliphatic rings. The van der Waals surface area contributed by atoms with Gasteiger partial charge < -0.3 is 10.4 Å². The van der Waals surface area contributed by atoms with Crippen molar-refractivity contribution in [2.24, 2.45) is 0 Å². The van der Waals surface area contributed by atoms with E-state index in [1.807, 2.05) is 0 Å². The second kappa shape index (κ2) is 6.74. The first-order chi connectivity index (χ1) is 12.3. The summed E-state index contributed by atoms with van der Waals surface area (Å²) in [6, 6.07) is 8.65. The Labute approximate surface area is 158 Å². The van der Waals surface area contributed by atoms with E-state index in [9.17, 15) is 20.0 Å². The van der Waals surface area contributed by atoms with Crippen molar-refractivity contribution < 1.29 is 14.8 Å². The Morgan fingerprint density at radius 3 is 2.65 bits per heavy atom. The number of hydrogen-bond donors (Lipinski definition) is 1. The highest BCUT2D eigenvalue weighted by Crippen LogP contribution is 2.29. The van der Waals surface area contributed by atoms with E-state index >= 15 is 0 Å². The third kappa shape index (κ3) is 3.24. The quantitative estimate of drug-likeness (QED) is 0.375. The van der Waals surface area contributed by atoms with Crippen molar-refractivity contribution in [2.75, 3.05) is 4.90 Å². The number of nitrogens with zero attached hydrogens (tertiary/aromatic N) is 2. The van der Waals surface area contributed by atoms with E-state index in [4.69, 9.17) is 23.8 Å². The summed E-state index contributed by atoms with van der Waals surface area (Å²) in [6.07, 6.45) is 1.41. The van der Waals surface area contributed by atoms with Gasteiger partial charge in [0.2, 0.25) is 0 Å². The number of hydrogen-bond acceptors (Lipinski definition) is 5. The van der Waals surface area contributed by atoms with Gasteiger partial charge in [0.25, 0.3) is 11.6 Å².